The van der Waals surface area contributed by atoms with Crippen molar-refractivity contribution in [1.82, 2.24) is 20.9 Å². The molecule has 2 aliphatic heterocycles. The number of unbranched alkanes of at least 4 members (excludes halogenated alkanes) is 1. The number of hydrogen-bond donors (Lipinski definition) is 6. The maximum Gasteiger partial charge on any atom is 0.241 e. The van der Waals surface area contributed by atoms with Gasteiger partial charge < -0.3 is 33.2 Å². The van der Waals surface area contributed by atoms with Crippen molar-refractivity contribution < 1.29 is 19.2 Å². The maximum atomic E-state index is 13.6. The number of Topliss-reactive ketones (excluding diaryl/α,β-unsaturated/α-hetero) is 1. The fraction of sp³-hybridized carbons (Fsp3) is 0.762. The van der Waals surface area contributed by atoms with E-state index in [9.17, 15) is 19.2 Å². The van der Waals surface area contributed by atoms with Crippen LogP contribution in [0.15, 0.2) is 4.99 Å². The van der Waals surface area contributed by atoms with Crippen LogP contribution in [0.2, 0.25) is 0 Å². The highest BCUT2D eigenvalue weighted by Crippen LogP contribution is 2.46. The molecule has 0 unspecified atom stereocenters. The van der Waals surface area contributed by atoms with E-state index in [-0.39, 0.29) is 36.1 Å². The van der Waals surface area contributed by atoms with Crippen molar-refractivity contribution >= 4 is 29.5 Å². The summed E-state index contributed by atoms with van der Waals surface area (Å²) in [4.78, 5) is 56.6. The van der Waals surface area contributed by atoms with Gasteiger partial charge >= 0.3 is 0 Å². The summed E-state index contributed by atoms with van der Waals surface area (Å²) >= 11 is 0. The van der Waals surface area contributed by atoms with Crippen LogP contribution in [0, 0.1) is 0 Å². The fourth-order valence-electron chi connectivity index (χ4n) is 4.79. The van der Waals surface area contributed by atoms with E-state index in [2.05, 4.69) is 27.9 Å². The highest BCUT2D eigenvalue weighted by molar-refractivity contribution is 6.00. The van der Waals surface area contributed by atoms with Crippen LogP contribution in [0.1, 0.15) is 51.9 Å². The lowest BCUT2D eigenvalue weighted by molar-refractivity contribution is -0.144. The van der Waals surface area contributed by atoms with Crippen LogP contribution in [-0.2, 0) is 19.2 Å². The predicted octanol–water partition coefficient (Wildman–Crippen LogP) is -2.56. The third-order valence-corrected chi connectivity index (χ3v) is 6.74. The number of nitrogens with one attached hydrogen (secondary N) is 3. The number of aliphatic imine (C=N–C) groups is 1. The van der Waals surface area contributed by atoms with Crippen molar-refractivity contribution in [2.45, 2.75) is 81.6 Å². The molecule has 4 atom stereocenters. The van der Waals surface area contributed by atoms with E-state index in [4.69, 9.17) is 17.2 Å². The number of amides is 3. The van der Waals surface area contributed by atoms with Crippen LogP contribution in [0.3, 0.4) is 0 Å². The number of guanidine groups is 1. The van der Waals surface area contributed by atoms with Gasteiger partial charge in [0.05, 0.1) is 17.6 Å². The maximum absolute atomic E-state index is 13.6. The minimum absolute atomic E-state index is 0.0274. The summed E-state index contributed by atoms with van der Waals surface area (Å²) in [6.07, 6.45) is 4.68. The average Bonchev–Trinajstić information content (AvgIpc) is 3.57. The van der Waals surface area contributed by atoms with E-state index in [1.807, 2.05) is 4.90 Å². The van der Waals surface area contributed by atoms with E-state index in [0.717, 1.165) is 19.3 Å². The molecular formula is C21H36N8O4. The van der Waals surface area contributed by atoms with Crippen molar-refractivity contribution in [2.75, 3.05) is 19.6 Å². The molecule has 0 aromatic heterocycles. The van der Waals surface area contributed by atoms with Gasteiger partial charge in [-0.05, 0) is 32.1 Å². The van der Waals surface area contributed by atoms with Gasteiger partial charge in [0.1, 0.15) is 12.1 Å². The molecule has 3 aliphatic rings. The van der Waals surface area contributed by atoms with Gasteiger partial charge in [-0.1, -0.05) is 19.8 Å². The Morgan fingerprint density at radius 3 is 2.33 bits per heavy atom. The molecule has 3 rings (SSSR count). The molecule has 0 bridgehead atoms. The molecule has 2 saturated heterocycles. The number of nitrogens with zero attached hydrogens (tertiary/aromatic N) is 2. The number of piperazine rings is 2. The van der Waals surface area contributed by atoms with Gasteiger partial charge in [-0.2, -0.15) is 0 Å². The van der Waals surface area contributed by atoms with E-state index in [0.29, 0.717) is 38.8 Å². The molecule has 12 nitrogen and oxygen atoms in total. The van der Waals surface area contributed by atoms with E-state index < -0.39 is 29.6 Å². The van der Waals surface area contributed by atoms with Gasteiger partial charge in [-0.15, -0.1) is 0 Å². The van der Waals surface area contributed by atoms with Gasteiger partial charge in [0, 0.05) is 19.6 Å². The second-order valence-corrected chi connectivity index (χ2v) is 9.14. The molecule has 2 heterocycles. The number of carbonyl (C=O) groups is 4. The van der Waals surface area contributed by atoms with Crippen molar-refractivity contribution in [3.63, 3.8) is 0 Å². The van der Waals surface area contributed by atoms with Crippen molar-refractivity contribution in [2.24, 2.45) is 22.2 Å². The molecular weight excluding hydrogens is 428 g/mol. The van der Waals surface area contributed by atoms with E-state index in [1.165, 1.54) is 0 Å². The molecule has 0 spiro atoms. The standard InChI is InChI=1S/C21H36N8O4/c1-2-3-5-12-18(32)27-13(10-26-12)16(30)21(7-8-21)29-11-14(17(22)31)28-19(33)15(29)6-4-9-25-20(23)24/h12-15,26H,2-11H2,1H3,(H2,22,31)(H,27,32)(H,28,33)(H4,23,24,25)/t12-,13+,14-,15-/m1/s1. The van der Waals surface area contributed by atoms with Crippen LogP contribution in [0.4, 0.5) is 0 Å². The molecule has 0 radical (unpaired) electrons. The molecule has 1 saturated carbocycles. The number of ketones is 1. The molecule has 3 fully saturated rings. The lowest BCUT2D eigenvalue weighted by atomic mass is 9.92. The first-order valence-electron chi connectivity index (χ1n) is 11.7. The molecule has 184 valence electrons. The Kier molecular flexibility index (Phi) is 7.90. The first-order valence-corrected chi connectivity index (χ1v) is 11.7. The van der Waals surface area contributed by atoms with Crippen LogP contribution < -0.4 is 33.2 Å². The van der Waals surface area contributed by atoms with Crippen LogP contribution >= 0.6 is 0 Å². The Morgan fingerprint density at radius 2 is 1.76 bits per heavy atom. The SMILES string of the molecule is CCCC[C@H]1NC[C@@H](C(=O)C2(N3C[C@H](C(N)=O)NC(=O)[C@H]3CCCN=C(N)N)CC2)NC1=O. The first kappa shape index (κ1) is 24.9. The Balaban J connectivity index is 1.74. The molecule has 0 aromatic rings. The van der Waals surface area contributed by atoms with E-state index >= 15 is 0 Å². The lowest BCUT2D eigenvalue weighted by Crippen LogP contribution is -2.70. The largest absolute Gasteiger partial charge is 0.370 e. The van der Waals surface area contributed by atoms with Crippen LogP contribution in [0.25, 0.3) is 0 Å². The summed E-state index contributed by atoms with van der Waals surface area (Å²) in [6.45, 7) is 2.90. The Morgan fingerprint density at radius 1 is 1.06 bits per heavy atom. The molecule has 9 N–H and O–H groups in total. The summed E-state index contributed by atoms with van der Waals surface area (Å²) in [5.41, 5.74) is 15.3. The number of nitrogens with two attached hydrogens (primary N) is 3. The highest BCUT2D eigenvalue weighted by atomic mass is 16.2. The van der Waals surface area contributed by atoms with Gasteiger partial charge in [0.25, 0.3) is 0 Å². The molecule has 1 aliphatic carbocycles. The minimum atomic E-state index is -0.901. The van der Waals surface area contributed by atoms with E-state index in [1.54, 1.807) is 0 Å². The topological polar surface area (TPSA) is 198 Å². The predicted molar refractivity (Wildman–Crippen MR) is 122 cm³/mol. The molecule has 12 heteroatoms. The zero-order valence-corrected chi connectivity index (χ0v) is 19.1. The summed E-state index contributed by atoms with van der Waals surface area (Å²) in [7, 11) is 0. The number of primary amides is 1. The molecule has 33 heavy (non-hydrogen) atoms. The number of hydrogen-bond acceptors (Lipinski definition) is 7. The zero-order chi connectivity index (χ0) is 24.2. The summed E-state index contributed by atoms with van der Waals surface area (Å²) < 4.78 is 0. The van der Waals surface area contributed by atoms with Crippen molar-refractivity contribution in [3.8, 4) is 0 Å². The smallest absolute Gasteiger partial charge is 0.241 e. The van der Waals surface area contributed by atoms with Gasteiger partial charge in [-0.25, -0.2) is 0 Å². The minimum Gasteiger partial charge on any atom is -0.370 e. The Hall–Kier alpha value is -2.73. The summed E-state index contributed by atoms with van der Waals surface area (Å²) in [5, 5.41) is 8.73. The normalized spacial score (nSPS) is 29.0. The zero-order valence-electron chi connectivity index (χ0n) is 19.1. The highest BCUT2D eigenvalue weighted by Gasteiger charge is 2.60. The third-order valence-electron chi connectivity index (χ3n) is 6.74. The molecule has 3 amide bonds. The van der Waals surface area contributed by atoms with Crippen molar-refractivity contribution in [1.29, 1.82) is 0 Å². The summed E-state index contributed by atoms with van der Waals surface area (Å²) in [5.74, 6) is -1.34. The second kappa shape index (κ2) is 10.5. The molecule has 0 aromatic carbocycles. The Bertz CT molecular complexity index is 808. The van der Waals surface area contributed by atoms with Gasteiger partial charge in [0.15, 0.2) is 11.7 Å². The average molecular weight is 465 g/mol. The quantitative estimate of drug-likeness (QED) is 0.109. The first-order chi connectivity index (χ1) is 15.7. The fourth-order valence-corrected chi connectivity index (χ4v) is 4.79. The van der Waals surface area contributed by atoms with Gasteiger partial charge in [0.2, 0.25) is 17.7 Å². The Labute approximate surface area is 193 Å². The third kappa shape index (κ3) is 5.61. The lowest BCUT2D eigenvalue weighted by Gasteiger charge is -2.44. The summed E-state index contributed by atoms with van der Waals surface area (Å²) in [6, 6.07) is -2.48. The van der Waals surface area contributed by atoms with Crippen LogP contribution in [0.5, 0.6) is 0 Å². The van der Waals surface area contributed by atoms with Crippen LogP contribution in [-0.4, -0.2) is 83.7 Å². The van der Waals surface area contributed by atoms with Gasteiger partial charge in [-0.3, -0.25) is 29.1 Å². The second-order valence-electron chi connectivity index (χ2n) is 9.14. The van der Waals surface area contributed by atoms with Crippen molar-refractivity contribution in [3.05, 3.63) is 0 Å². The monoisotopic (exact) mass is 464 g/mol. The number of carbonyl (C=O) groups excluding carboxylic acids is 4. The number of rotatable bonds is 11.